The van der Waals surface area contributed by atoms with Crippen LogP contribution in [-0.4, -0.2) is 19.1 Å². The number of carbonyl (C=O) groups is 1. The second kappa shape index (κ2) is 5.13. The fraction of sp³-hybridized carbons (Fsp3) is 0.273. The zero-order chi connectivity index (χ0) is 11.3. The molecule has 0 aromatic heterocycles. The number of hydrogen-bond donors (Lipinski definition) is 1. The molecule has 0 amide bonds. The van der Waals surface area contributed by atoms with Crippen LogP contribution < -0.4 is 5.73 Å². The smallest absolute Gasteiger partial charge is 0.322 e. The van der Waals surface area contributed by atoms with E-state index in [9.17, 15) is 4.79 Å². The van der Waals surface area contributed by atoms with Crippen molar-refractivity contribution in [1.82, 2.24) is 0 Å². The third-order valence-corrected chi connectivity index (χ3v) is 2.04. The highest BCUT2D eigenvalue weighted by Crippen LogP contribution is 2.06. The maximum absolute atomic E-state index is 11.0. The number of hydrogen-bond acceptors (Lipinski definition) is 4. The van der Waals surface area contributed by atoms with Crippen LogP contribution >= 0.6 is 0 Å². The lowest BCUT2D eigenvalue weighted by atomic mass is 10.1. The van der Waals surface area contributed by atoms with E-state index in [2.05, 4.69) is 4.74 Å². The number of methoxy groups -OCH3 is 1. The minimum absolute atomic E-state index is 0.415. The second-order valence-electron chi connectivity index (χ2n) is 3.14. The third-order valence-electron chi connectivity index (χ3n) is 2.04. The standard InChI is InChI=1S/C11H12N2O2/c1-15-11(14)10(13)6-8-2-4-9(7-12)5-3-8/h2-5,10H,6,13H2,1H3. The van der Waals surface area contributed by atoms with Crippen molar-refractivity contribution in [2.24, 2.45) is 5.73 Å². The van der Waals surface area contributed by atoms with Gasteiger partial charge in [-0.15, -0.1) is 0 Å². The summed E-state index contributed by atoms with van der Waals surface area (Å²) in [6.07, 6.45) is 0.415. The number of benzene rings is 1. The summed E-state index contributed by atoms with van der Waals surface area (Å²) in [7, 11) is 1.31. The summed E-state index contributed by atoms with van der Waals surface area (Å²) in [5.41, 5.74) is 7.09. The van der Waals surface area contributed by atoms with E-state index in [4.69, 9.17) is 11.0 Å². The van der Waals surface area contributed by atoms with Gasteiger partial charge in [0.1, 0.15) is 6.04 Å². The van der Waals surface area contributed by atoms with Gasteiger partial charge >= 0.3 is 5.97 Å². The summed E-state index contributed by atoms with van der Waals surface area (Å²) in [4.78, 5) is 11.0. The predicted octanol–water partition coefficient (Wildman–Crippen LogP) is 0.601. The fourth-order valence-corrected chi connectivity index (χ4v) is 1.20. The van der Waals surface area contributed by atoms with Crippen LogP contribution in [0.4, 0.5) is 0 Å². The van der Waals surface area contributed by atoms with E-state index >= 15 is 0 Å². The van der Waals surface area contributed by atoms with E-state index < -0.39 is 12.0 Å². The van der Waals surface area contributed by atoms with Crippen molar-refractivity contribution in [3.63, 3.8) is 0 Å². The molecule has 0 heterocycles. The highest BCUT2D eigenvalue weighted by atomic mass is 16.5. The van der Waals surface area contributed by atoms with Crippen LogP contribution in [0.1, 0.15) is 11.1 Å². The van der Waals surface area contributed by atoms with Gasteiger partial charge in [0.25, 0.3) is 0 Å². The van der Waals surface area contributed by atoms with Crippen molar-refractivity contribution in [3.8, 4) is 6.07 Å². The molecule has 0 spiro atoms. The summed E-state index contributed by atoms with van der Waals surface area (Å²) in [5.74, 6) is -0.431. The molecule has 4 nitrogen and oxygen atoms in total. The average molecular weight is 204 g/mol. The van der Waals surface area contributed by atoms with Crippen molar-refractivity contribution >= 4 is 5.97 Å². The minimum atomic E-state index is -0.650. The number of nitriles is 1. The van der Waals surface area contributed by atoms with Gasteiger partial charge in [-0.25, -0.2) is 0 Å². The molecule has 1 aromatic carbocycles. The van der Waals surface area contributed by atoms with Crippen LogP contribution in [0.15, 0.2) is 24.3 Å². The molecular weight excluding hydrogens is 192 g/mol. The Morgan fingerprint density at radius 2 is 2.13 bits per heavy atom. The first-order chi connectivity index (χ1) is 7.17. The lowest BCUT2D eigenvalue weighted by Crippen LogP contribution is -2.33. The largest absolute Gasteiger partial charge is 0.468 e. The van der Waals surface area contributed by atoms with Crippen LogP contribution in [0, 0.1) is 11.3 Å². The van der Waals surface area contributed by atoms with Crippen molar-refractivity contribution in [2.45, 2.75) is 12.5 Å². The van der Waals surface area contributed by atoms with Gasteiger partial charge in [-0.3, -0.25) is 4.79 Å². The highest BCUT2D eigenvalue weighted by molar-refractivity contribution is 5.75. The van der Waals surface area contributed by atoms with Gasteiger partial charge in [-0.1, -0.05) is 12.1 Å². The first-order valence-corrected chi connectivity index (χ1v) is 4.50. The van der Waals surface area contributed by atoms with E-state index in [0.717, 1.165) is 5.56 Å². The molecule has 1 unspecified atom stereocenters. The highest BCUT2D eigenvalue weighted by Gasteiger charge is 2.13. The number of carbonyl (C=O) groups excluding carboxylic acids is 1. The van der Waals surface area contributed by atoms with Crippen molar-refractivity contribution < 1.29 is 9.53 Å². The van der Waals surface area contributed by atoms with Gasteiger partial charge in [-0.2, -0.15) is 5.26 Å². The molecule has 1 atom stereocenters. The SMILES string of the molecule is COC(=O)C(N)Cc1ccc(C#N)cc1. The molecule has 1 aromatic rings. The molecular formula is C11H12N2O2. The van der Waals surface area contributed by atoms with E-state index in [1.807, 2.05) is 6.07 Å². The Hall–Kier alpha value is -1.86. The minimum Gasteiger partial charge on any atom is -0.468 e. The Kier molecular flexibility index (Phi) is 3.83. The number of ether oxygens (including phenoxy) is 1. The van der Waals surface area contributed by atoms with Gasteiger partial charge < -0.3 is 10.5 Å². The van der Waals surface area contributed by atoms with E-state index in [-0.39, 0.29) is 0 Å². The molecule has 78 valence electrons. The quantitative estimate of drug-likeness (QED) is 0.731. The fourth-order valence-electron chi connectivity index (χ4n) is 1.20. The van der Waals surface area contributed by atoms with Crippen LogP contribution in [0.5, 0.6) is 0 Å². The first-order valence-electron chi connectivity index (χ1n) is 4.50. The molecule has 0 aliphatic carbocycles. The molecule has 0 aliphatic heterocycles. The summed E-state index contributed by atoms with van der Waals surface area (Å²) >= 11 is 0. The molecule has 2 N–H and O–H groups in total. The van der Waals surface area contributed by atoms with Gasteiger partial charge in [0.15, 0.2) is 0 Å². The van der Waals surface area contributed by atoms with Gasteiger partial charge in [-0.05, 0) is 24.1 Å². The Balaban J connectivity index is 2.66. The lowest BCUT2D eigenvalue weighted by molar-refractivity contribution is -0.142. The zero-order valence-corrected chi connectivity index (χ0v) is 8.43. The normalized spacial score (nSPS) is 11.5. The Labute approximate surface area is 88.3 Å². The molecule has 15 heavy (non-hydrogen) atoms. The average Bonchev–Trinajstić information content (AvgIpc) is 2.29. The number of nitrogens with zero attached hydrogens (tertiary/aromatic N) is 1. The third kappa shape index (κ3) is 3.08. The molecule has 0 saturated heterocycles. The monoisotopic (exact) mass is 204 g/mol. The molecule has 0 saturated carbocycles. The predicted molar refractivity (Wildman–Crippen MR) is 54.9 cm³/mol. The Bertz CT molecular complexity index is 379. The van der Waals surface area contributed by atoms with Crippen LogP contribution in [0.25, 0.3) is 0 Å². The summed E-state index contributed by atoms with van der Waals surface area (Å²) < 4.78 is 4.51. The van der Waals surface area contributed by atoms with Crippen LogP contribution in [-0.2, 0) is 16.0 Å². The lowest BCUT2D eigenvalue weighted by Gasteiger charge is -2.08. The maximum Gasteiger partial charge on any atom is 0.322 e. The van der Waals surface area contributed by atoms with E-state index in [1.54, 1.807) is 24.3 Å². The number of esters is 1. The molecule has 1 rings (SSSR count). The molecule has 0 aliphatic rings. The Morgan fingerprint density at radius 3 is 2.60 bits per heavy atom. The van der Waals surface area contributed by atoms with Crippen LogP contribution in [0.3, 0.4) is 0 Å². The van der Waals surface area contributed by atoms with Crippen LogP contribution in [0.2, 0.25) is 0 Å². The number of nitrogens with two attached hydrogens (primary N) is 1. The Morgan fingerprint density at radius 1 is 1.53 bits per heavy atom. The van der Waals surface area contributed by atoms with Gasteiger partial charge in [0, 0.05) is 0 Å². The second-order valence-corrected chi connectivity index (χ2v) is 3.14. The zero-order valence-electron chi connectivity index (χ0n) is 8.43. The van der Waals surface area contributed by atoms with Crippen molar-refractivity contribution in [1.29, 1.82) is 5.26 Å². The summed E-state index contributed by atoms with van der Waals surface area (Å²) in [5, 5.41) is 8.59. The number of rotatable bonds is 3. The van der Waals surface area contributed by atoms with E-state index in [0.29, 0.717) is 12.0 Å². The topological polar surface area (TPSA) is 76.1 Å². The molecule has 0 fully saturated rings. The first kappa shape index (κ1) is 11.2. The van der Waals surface area contributed by atoms with Crippen molar-refractivity contribution in [2.75, 3.05) is 7.11 Å². The summed E-state index contributed by atoms with van der Waals surface area (Å²) in [6, 6.07) is 8.31. The van der Waals surface area contributed by atoms with Gasteiger partial charge in [0.05, 0.1) is 18.7 Å². The molecule has 0 radical (unpaired) electrons. The summed E-state index contributed by atoms with van der Waals surface area (Å²) in [6.45, 7) is 0. The molecule has 4 heteroatoms. The maximum atomic E-state index is 11.0. The van der Waals surface area contributed by atoms with Gasteiger partial charge in [0.2, 0.25) is 0 Å². The molecule has 0 bridgehead atoms. The van der Waals surface area contributed by atoms with E-state index in [1.165, 1.54) is 7.11 Å². The van der Waals surface area contributed by atoms with Crippen molar-refractivity contribution in [3.05, 3.63) is 35.4 Å².